The van der Waals surface area contributed by atoms with Gasteiger partial charge in [0.25, 0.3) is 5.91 Å². The maximum atomic E-state index is 13.3. The molecule has 0 aliphatic carbocycles. The summed E-state index contributed by atoms with van der Waals surface area (Å²) in [5.74, 6) is -0.00486. The summed E-state index contributed by atoms with van der Waals surface area (Å²) < 4.78 is 1.57. The monoisotopic (exact) mass is 561 g/mol. The van der Waals surface area contributed by atoms with Gasteiger partial charge >= 0.3 is 0 Å². The van der Waals surface area contributed by atoms with Crippen LogP contribution < -0.4 is 10.6 Å². The van der Waals surface area contributed by atoms with Crippen LogP contribution in [-0.2, 0) is 0 Å². The highest BCUT2D eigenvalue weighted by atomic mass is 35.5. The number of carbonyl (C=O) groups is 2. The first-order chi connectivity index (χ1) is 19.9. The van der Waals surface area contributed by atoms with E-state index < -0.39 is 0 Å². The number of unbranched alkanes of at least 4 members (excludes halogenated alkanes) is 1. The smallest absolute Gasteiger partial charge is 0.251 e. The second-order valence-corrected chi connectivity index (χ2v) is 10.2. The number of nitrogens with one attached hydrogen (secondary N) is 2. The first-order valence-electron chi connectivity index (χ1n) is 13.4. The van der Waals surface area contributed by atoms with Crippen LogP contribution in [0.25, 0.3) is 16.5 Å². The predicted molar refractivity (Wildman–Crippen MR) is 162 cm³/mol. The van der Waals surface area contributed by atoms with E-state index in [1.165, 1.54) is 0 Å². The lowest BCUT2D eigenvalue weighted by atomic mass is 10.0. The number of aryl methyl sites for hydroxylation is 1. The highest BCUT2D eigenvalue weighted by molar-refractivity contribution is 6.30. The van der Waals surface area contributed by atoms with Gasteiger partial charge in [0.05, 0.1) is 5.69 Å². The molecule has 0 bridgehead atoms. The average Bonchev–Trinajstić information content (AvgIpc) is 3.37. The third-order valence-electron chi connectivity index (χ3n) is 6.79. The Morgan fingerprint density at radius 2 is 1.56 bits per heavy atom. The summed E-state index contributed by atoms with van der Waals surface area (Å²) in [7, 11) is 0. The van der Waals surface area contributed by atoms with E-state index in [9.17, 15) is 14.9 Å². The molecule has 0 spiro atoms. The second kappa shape index (κ2) is 12.5. The molecule has 0 saturated heterocycles. The summed E-state index contributed by atoms with van der Waals surface area (Å²) in [6.45, 7) is 2.96. The Hall–Kier alpha value is -4.93. The summed E-state index contributed by atoms with van der Waals surface area (Å²) >= 11 is 6.08. The number of fused-ring (bicyclic) bond motifs is 1. The molecule has 0 unspecified atom stereocenters. The number of ketones is 1. The number of aromatic nitrogens is 2. The third-order valence-corrected chi connectivity index (χ3v) is 7.04. The zero-order valence-corrected chi connectivity index (χ0v) is 23.3. The van der Waals surface area contributed by atoms with Gasteiger partial charge < -0.3 is 10.6 Å². The molecule has 4 aromatic carbocycles. The normalized spacial score (nSPS) is 10.8. The van der Waals surface area contributed by atoms with E-state index >= 15 is 0 Å². The number of rotatable bonds is 10. The van der Waals surface area contributed by atoms with E-state index in [-0.39, 0.29) is 22.9 Å². The van der Waals surface area contributed by atoms with E-state index in [0.717, 1.165) is 29.2 Å². The number of carbonyl (C=O) groups excluding carboxylic acids is 2. The van der Waals surface area contributed by atoms with Gasteiger partial charge in [-0.25, -0.2) is 4.68 Å². The van der Waals surface area contributed by atoms with Crippen LogP contribution in [0.5, 0.6) is 0 Å². The zero-order chi connectivity index (χ0) is 28.8. The summed E-state index contributed by atoms with van der Waals surface area (Å²) in [5.41, 5.74) is 3.04. The molecule has 0 aliphatic heterocycles. The van der Waals surface area contributed by atoms with E-state index in [1.807, 2.05) is 61.5 Å². The van der Waals surface area contributed by atoms with Crippen LogP contribution in [-0.4, -0.2) is 34.6 Å². The van der Waals surface area contributed by atoms with Gasteiger partial charge in [-0.2, -0.15) is 10.4 Å². The molecule has 0 atom stereocenters. The van der Waals surface area contributed by atoms with E-state index in [2.05, 4.69) is 21.8 Å². The van der Waals surface area contributed by atoms with Crippen LogP contribution in [0.2, 0.25) is 5.02 Å². The number of nitriles is 1. The van der Waals surface area contributed by atoms with Gasteiger partial charge in [-0.05, 0) is 66.9 Å². The summed E-state index contributed by atoms with van der Waals surface area (Å²) in [6, 6.07) is 30.0. The van der Waals surface area contributed by atoms with Crippen molar-refractivity contribution in [1.82, 2.24) is 15.1 Å². The molecule has 1 heterocycles. The van der Waals surface area contributed by atoms with Crippen LogP contribution in [0.4, 0.5) is 5.82 Å². The van der Waals surface area contributed by atoms with Crippen molar-refractivity contribution in [3.8, 4) is 11.8 Å². The molecule has 1 amide bonds. The fourth-order valence-corrected chi connectivity index (χ4v) is 4.67. The van der Waals surface area contributed by atoms with E-state index in [0.29, 0.717) is 40.7 Å². The van der Waals surface area contributed by atoms with Gasteiger partial charge in [-0.1, -0.05) is 71.8 Å². The lowest BCUT2D eigenvalue weighted by Crippen LogP contribution is -2.24. The Bertz CT molecular complexity index is 1750. The molecule has 0 radical (unpaired) electrons. The first-order valence-corrected chi connectivity index (χ1v) is 13.7. The van der Waals surface area contributed by atoms with Crippen LogP contribution in [0.15, 0.2) is 91.0 Å². The molecule has 5 rings (SSSR count). The van der Waals surface area contributed by atoms with Gasteiger partial charge in [0.15, 0.2) is 5.69 Å². The minimum Gasteiger partial charge on any atom is -0.369 e. The standard InChI is InChI=1S/C33H28ClN5O2/c1-22-8-10-24(11-9-22)31(40)30-29(21-35)32(39(38-30)28-16-14-27(34)15-17-28)36-18-4-5-19-37-33(41)26-13-12-23-6-2-3-7-25(23)20-26/h2-3,6-17,20,36H,4-5,18-19H2,1H3,(H,37,41). The summed E-state index contributed by atoms with van der Waals surface area (Å²) in [4.78, 5) is 26.0. The van der Waals surface area contributed by atoms with Crippen molar-refractivity contribution >= 4 is 39.9 Å². The molecule has 0 saturated carbocycles. The highest BCUT2D eigenvalue weighted by Crippen LogP contribution is 2.26. The quantitative estimate of drug-likeness (QED) is 0.146. The Morgan fingerprint density at radius 1 is 0.878 bits per heavy atom. The van der Waals surface area contributed by atoms with Crippen molar-refractivity contribution < 1.29 is 9.59 Å². The number of amides is 1. The maximum absolute atomic E-state index is 13.3. The van der Waals surface area contributed by atoms with Gasteiger partial charge in [0.2, 0.25) is 5.78 Å². The molecule has 1 aromatic heterocycles. The topological polar surface area (TPSA) is 99.8 Å². The predicted octanol–water partition coefficient (Wildman–Crippen LogP) is 6.71. The number of hydrogen-bond acceptors (Lipinski definition) is 5. The fraction of sp³-hybridized carbons (Fsp3) is 0.152. The first kappa shape index (κ1) is 27.6. The van der Waals surface area contributed by atoms with Crippen LogP contribution >= 0.6 is 11.6 Å². The van der Waals surface area contributed by atoms with Crippen molar-refractivity contribution in [2.24, 2.45) is 0 Å². The van der Waals surface area contributed by atoms with Crippen molar-refractivity contribution in [2.75, 3.05) is 18.4 Å². The Labute approximate surface area is 243 Å². The van der Waals surface area contributed by atoms with Crippen molar-refractivity contribution in [1.29, 1.82) is 5.26 Å². The lowest BCUT2D eigenvalue weighted by molar-refractivity contribution is 0.0952. The highest BCUT2D eigenvalue weighted by Gasteiger charge is 2.25. The molecule has 0 fully saturated rings. The number of halogens is 1. The number of hydrogen-bond donors (Lipinski definition) is 2. The zero-order valence-electron chi connectivity index (χ0n) is 22.5. The average molecular weight is 562 g/mol. The van der Waals surface area contributed by atoms with Crippen LogP contribution in [0.1, 0.15) is 50.4 Å². The van der Waals surface area contributed by atoms with Gasteiger partial charge in [0.1, 0.15) is 17.5 Å². The maximum Gasteiger partial charge on any atom is 0.251 e. The molecule has 8 heteroatoms. The molecule has 204 valence electrons. The summed E-state index contributed by atoms with van der Waals surface area (Å²) in [5, 5.41) is 23.6. The lowest BCUT2D eigenvalue weighted by Gasteiger charge is -2.11. The van der Waals surface area contributed by atoms with Crippen LogP contribution in [0.3, 0.4) is 0 Å². The molecular weight excluding hydrogens is 534 g/mol. The van der Waals surface area contributed by atoms with Crippen molar-refractivity contribution in [2.45, 2.75) is 19.8 Å². The molecular formula is C33H28ClN5O2. The SMILES string of the molecule is Cc1ccc(C(=O)c2nn(-c3ccc(Cl)cc3)c(NCCCCNC(=O)c3ccc4ccccc4c3)c2C#N)cc1. The largest absolute Gasteiger partial charge is 0.369 e. The fourth-order valence-electron chi connectivity index (χ4n) is 4.55. The number of anilines is 1. The Balaban J connectivity index is 1.26. The molecule has 7 nitrogen and oxygen atoms in total. The van der Waals surface area contributed by atoms with E-state index in [1.54, 1.807) is 41.1 Å². The second-order valence-electron chi connectivity index (χ2n) is 9.72. The van der Waals surface area contributed by atoms with Gasteiger partial charge in [-0.3, -0.25) is 9.59 Å². The molecule has 41 heavy (non-hydrogen) atoms. The Morgan fingerprint density at radius 3 is 2.29 bits per heavy atom. The van der Waals surface area contributed by atoms with Crippen molar-refractivity contribution in [3.05, 3.63) is 124 Å². The van der Waals surface area contributed by atoms with Gasteiger partial charge in [0, 0.05) is 29.2 Å². The van der Waals surface area contributed by atoms with Crippen LogP contribution in [0, 0.1) is 18.3 Å². The number of benzene rings is 4. The van der Waals surface area contributed by atoms with Crippen molar-refractivity contribution in [3.63, 3.8) is 0 Å². The molecule has 5 aromatic rings. The Kier molecular flexibility index (Phi) is 8.42. The van der Waals surface area contributed by atoms with Gasteiger partial charge in [-0.15, -0.1) is 0 Å². The minimum absolute atomic E-state index is 0.0800. The minimum atomic E-state index is -0.325. The number of nitrogens with zero attached hydrogens (tertiary/aromatic N) is 3. The molecule has 2 N–H and O–H groups in total. The molecule has 0 aliphatic rings. The van der Waals surface area contributed by atoms with E-state index in [4.69, 9.17) is 11.6 Å². The third kappa shape index (κ3) is 6.29. The summed E-state index contributed by atoms with van der Waals surface area (Å²) in [6.07, 6.45) is 1.44.